The van der Waals surface area contributed by atoms with Crippen LogP contribution in [0.2, 0.25) is 10.0 Å². The number of nitrogens with zero attached hydrogens (tertiary/aromatic N) is 1. The van der Waals surface area contributed by atoms with Gasteiger partial charge in [-0.05, 0) is 70.9 Å². The van der Waals surface area contributed by atoms with Crippen molar-refractivity contribution in [1.82, 2.24) is 5.43 Å². The van der Waals surface area contributed by atoms with Crippen LogP contribution in [0.4, 0.5) is 0 Å². The van der Waals surface area contributed by atoms with Crippen LogP contribution in [0.15, 0.2) is 70.2 Å². The minimum absolute atomic E-state index is 0.260. The first kappa shape index (κ1) is 21.4. The third kappa shape index (κ3) is 6.07. The molecule has 0 radical (unpaired) electrons. The van der Waals surface area contributed by atoms with Gasteiger partial charge in [-0.25, -0.2) is 5.43 Å². The van der Waals surface area contributed by atoms with Crippen LogP contribution in [0.3, 0.4) is 0 Å². The van der Waals surface area contributed by atoms with E-state index in [0.29, 0.717) is 28.0 Å². The van der Waals surface area contributed by atoms with Gasteiger partial charge < -0.3 is 4.74 Å². The van der Waals surface area contributed by atoms with Crippen LogP contribution >= 0.6 is 39.1 Å². The second kappa shape index (κ2) is 9.92. The highest BCUT2D eigenvalue weighted by Gasteiger charge is 2.07. The number of nitrogens with one attached hydrogen (secondary N) is 1. The molecule has 148 valence electrons. The van der Waals surface area contributed by atoms with Crippen molar-refractivity contribution in [3.63, 3.8) is 0 Å². The van der Waals surface area contributed by atoms with E-state index in [2.05, 4.69) is 26.5 Å². The fourth-order valence-electron chi connectivity index (χ4n) is 2.52. The highest BCUT2D eigenvalue weighted by Crippen LogP contribution is 2.28. The minimum atomic E-state index is -0.260. The number of hydrogen-bond acceptors (Lipinski definition) is 3. The van der Waals surface area contributed by atoms with Gasteiger partial charge in [-0.3, -0.25) is 4.79 Å². The van der Waals surface area contributed by atoms with E-state index in [4.69, 9.17) is 27.9 Å². The molecule has 0 aliphatic rings. The molecule has 29 heavy (non-hydrogen) atoms. The largest absolute Gasteiger partial charge is 0.488 e. The molecule has 0 spiro atoms. The van der Waals surface area contributed by atoms with Crippen LogP contribution in [-0.4, -0.2) is 12.1 Å². The molecule has 0 aromatic heterocycles. The first-order valence-electron chi connectivity index (χ1n) is 8.69. The first-order chi connectivity index (χ1) is 13.9. The van der Waals surface area contributed by atoms with Gasteiger partial charge >= 0.3 is 0 Å². The first-order valence-corrected chi connectivity index (χ1v) is 10.2. The van der Waals surface area contributed by atoms with E-state index < -0.39 is 0 Å². The second-order valence-corrected chi connectivity index (χ2v) is 7.98. The standard InChI is InChI=1S/C22H17BrCl2N2O2/c1-14-3-2-4-16(9-14)22(28)27-26-12-15-5-8-21(19(23)10-15)29-13-17-6-7-18(24)11-20(17)25/h2-12H,13H2,1H3,(H,27,28)/b26-12-. The van der Waals surface area contributed by atoms with Crippen molar-refractivity contribution < 1.29 is 9.53 Å². The molecule has 0 atom stereocenters. The molecule has 3 rings (SSSR count). The molecule has 0 saturated heterocycles. The number of hydrazone groups is 1. The number of rotatable bonds is 6. The molecule has 0 fully saturated rings. The number of carbonyl (C=O) groups is 1. The molecule has 3 aromatic carbocycles. The number of hydrogen-bond donors (Lipinski definition) is 1. The van der Waals surface area contributed by atoms with Crippen LogP contribution in [0, 0.1) is 6.92 Å². The Balaban J connectivity index is 1.60. The average molecular weight is 492 g/mol. The normalized spacial score (nSPS) is 10.9. The zero-order valence-electron chi connectivity index (χ0n) is 15.5. The maximum Gasteiger partial charge on any atom is 0.271 e. The van der Waals surface area contributed by atoms with E-state index in [1.54, 1.807) is 30.5 Å². The Morgan fingerprint density at radius 2 is 1.97 bits per heavy atom. The van der Waals surface area contributed by atoms with E-state index in [1.807, 2.05) is 43.3 Å². The van der Waals surface area contributed by atoms with Gasteiger partial charge in [0.1, 0.15) is 12.4 Å². The number of carbonyl (C=O) groups excluding carboxylic acids is 1. The van der Waals surface area contributed by atoms with Crippen LogP contribution < -0.4 is 10.2 Å². The van der Waals surface area contributed by atoms with Crippen LogP contribution in [0.1, 0.15) is 27.0 Å². The van der Waals surface area contributed by atoms with Crippen molar-refractivity contribution >= 4 is 51.3 Å². The third-order valence-corrected chi connectivity index (χ3v) is 5.22. The summed E-state index contributed by atoms with van der Waals surface area (Å²) in [5.41, 5.74) is 5.75. The predicted molar refractivity (Wildman–Crippen MR) is 121 cm³/mol. The Bertz CT molecular complexity index is 1070. The van der Waals surface area contributed by atoms with Crippen molar-refractivity contribution in [3.05, 3.63) is 97.4 Å². The lowest BCUT2D eigenvalue weighted by molar-refractivity contribution is 0.0955. The molecule has 0 aliphatic carbocycles. The van der Waals surface area contributed by atoms with Crippen LogP contribution in [0.5, 0.6) is 5.75 Å². The molecule has 4 nitrogen and oxygen atoms in total. The Kier molecular flexibility index (Phi) is 7.31. The number of benzene rings is 3. The number of aryl methyl sites for hydroxylation is 1. The summed E-state index contributed by atoms with van der Waals surface area (Å²) in [5.74, 6) is 0.403. The SMILES string of the molecule is Cc1cccc(C(=O)N/N=C\c2ccc(OCc3ccc(Cl)cc3Cl)c(Br)c2)c1. The molecule has 1 N–H and O–H groups in total. The summed E-state index contributed by atoms with van der Waals surface area (Å²) >= 11 is 15.6. The molecule has 1 amide bonds. The summed E-state index contributed by atoms with van der Waals surface area (Å²) in [6.45, 7) is 2.25. The zero-order valence-corrected chi connectivity index (χ0v) is 18.6. The molecule has 3 aromatic rings. The molecule has 7 heteroatoms. The van der Waals surface area contributed by atoms with E-state index in [1.165, 1.54) is 0 Å². The summed E-state index contributed by atoms with van der Waals surface area (Å²) in [6.07, 6.45) is 1.57. The van der Waals surface area contributed by atoms with Crippen molar-refractivity contribution in [2.24, 2.45) is 5.10 Å². The molecular formula is C22H17BrCl2N2O2. The van der Waals surface area contributed by atoms with Crippen LogP contribution in [0.25, 0.3) is 0 Å². The lowest BCUT2D eigenvalue weighted by Crippen LogP contribution is -2.17. The van der Waals surface area contributed by atoms with E-state index in [-0.39, 0.29) is 5.91 Å². The topological polar surface area (TPSA) is 50.7 Å². The fourth-order valence-corrected chi connectivity index (χ4v) is 3.50. The third-order valence-electron chi connectivity index (χ3n) is 4.01. The fraction of sp³-hybridized carbons (Fsp3) is 0.0909. The molecule has 0 aliphatic heterocycles. The quantitative estimate of drug-likeness (QED) is 0.320. The second-order valence-electron chi connectivity index (χ2n) is 6.28. The molecule has 0 unspecified atom stereocenters. The maximum absolute atomic E-state index is 12.1. The summed E-state index contributed by atoms with van der Waals surface area (Å²) in [4.78, 5) is 12.1. The van der Waals surface area contributed by atoms with Crippen molar-refractivity contribution in [2.75, 3.05) is 0 Å². The minimum Gasteiger partial charge on any atom is -0.488 e. The predicted octanol–water partition coefficient (Wildman–Crippen LogP) is 6.41. The maximum atomic E-state index is 12.1. The van der Waals surface area contributed by atoms with E-state index in [0.717, 1.165) is 21.2 Å². The van der Waals surface area contributed by atoms with E-state index >= 15 is 0 Å². The molecule has 0 heterocycles. The summed E-state index contributed by atoms with van der Waals surface area (Å²) in [5, 5.41) is 5.15. The summed E-state index contributed by atoms with van der Waals surface area (Å²) < 4.78 is 6.58. The van der Waals surface area contributed by atoms with Gasteiger partial charge in [0.25, 0.3) is 5.91 Å². The lowest BCUT2D eigenvalue weighted by Gasteiger charge is -2.10. The van der Waals surface area contributed by atoms with Gasteiger partial charge in [0.2, 0.25) is 0 Å². The van der Waals surface area contributed by atoms with Gasteiger partial charge in [0.05, 0.1) is 10.7 Å². The van der Waals surface area contributed by atoms with Gasteiger partial charge in [0, 0.05) is 21.2 Å². The number of ether oxygens (including phenoxy) is 1. The number of halogens is 3. The highest BCUT2D eigenvalue weighted by atomic mass is 79.9. The van der Waals surface area contributed by atoms with Gasteiger partial charge in [-0.15, -0.1) is 0 Å². The van der Waals surface area contributed by atoms with Gasteiger partial charge in [0.15, 0.2) is 0 Å². The number of amides is 1. The van der Waals surface area contributed by atoms with E-state index in [9.17, 15) is 4.79 Å². The zero-order chi connectivity index (χ0) is 20.8. The molecule has 0 saturated carbocycles. The Morgan fingerprint density at radius 1 is 1.14 bits per heavy atom. The Hall–Kier alpha value is -2.34. The molecular weight excluding hydrogens is 475 g/mol. The average Bonchev–Trinajstić information content (AvgIpc) is 2.68. The monoisotopic (exact) mass is 490 g/mol. The summed E-state index contributed by atoms with van der Waals surface area (Å²) in [6, 6.07) is 18.1. The lowest BCUT2D eigenvalue weighted by atomic mass is 10.1. The molecule has 0 bridgehead atoms. The van der Waals surface area contributed by atoms with Crippen molar-refractivity contribution in [1.29, 1.82) is 0 Å². The highest BCUT2D eigenvalue weighted by molar-refractivity contribution is 9.10. The van der Waals surface area contributed by atoms with Gasteiger partial charge in [-0.1, -0.05) is 47.0 Å². The van der Waals surface area contributed by atoms with Crippen molar-refractivity contribution in [2.45, 2.75) is 13.5 Å². The van der Waals surface area contributed by atoms with Crippen LogP contribution in [-0.2, 0) is 6.61 Å². The van der Waals surface area contributed by atoms with Crippen molar-refractivity contribution in [3.8, 4) is 5.75 Å². The summed E-state index contributed by atoms with van der Waals surface area (Å²) in [7, 11) is 0. The Morgan fingerprint density at radius 3 is 2.69 bits per heavy atom. The van der Waals surface area contributed by atoms with Gasteiger partial charge in [-0.2, -0.15) is 5.10 Å². The smallest absolute Gasteiger partial charge is 0.271 e. The Labute approximate surface area is 187 Å².